The minimum atomic E-state index is 0.630. The van der Waals surface area contributed by atoms with Crippen LogP contribution < -0.4 is 5.32 Å². The Hall–Kier alpha value is -0.820. The van der Waals surface area contributed by atoms with E-state index in [1.54, 1.807) is 0 Å². The SMILES string of the molecule is CCC[C@@H](C)NCc1ccccc1. The monoisotopic (exact) mass is 177 g/mol. The van der Waals surface area contributed by atoms with Gasteiger partial charge in [0.1, 0.15) is 0 Å². The van der Waals surface area contributed by atoms with Gasteiger partial charge in [-0.15, -0.1) is 0 Å². The fourth-order valence-electron chi connectivity index (χ4n) is 1.42. The molecule has 0 aliphatic rings. The van der Waals surface area contributed by atoms with E-state index in [0.29, 0.717) is 6.04 Å². The summed E-state index contributed by atoms with van der Waals surface area (Å²) in [4.78, 5) is 0. The normalized spacial score (nSPS) is 12.8. The maximum absolute atomic E-state index is 3.50. The van der Waals surface area contributed by atoms with Crippen LogP contribution in [0.2, 0.25) is 0 Å². The van der Waals surface area contributed by atoms with E-state index in [2.05, 4.69) is 49.5 Å². The van der Waals surface area contributed by atoms with Crippen molar-refractivity contribution >= 4 is 0 Å². The quantitative estimate of drug-likeness (QED) is 0.729. The van der Waals surface area contributed by atoms with E-state index in [-0.39, 0.29) is 0 Å². The number of hydrogen-bond acceptors (Lipinski definition) is 1. The van der Waals surface area contributed by atoms with Crippen LogP contribution in [0.3, 0.4) is 0 Å². The highest BCUT2D eigenvalue weighted by Crippen LogP contribution is 2.00. The van der Waals surface area contributed by atoms with Crippen molar-refractivity contribution in [3.63, 3.8) is 0 Å². The second-order valence-corrected chi connectivity index (χ2v) is 3.56. The first kappa shape index (κ1) is 10.3. The van der Waals surface area contributed by atoms with E-state index < -0.39 is 0 Å². The average molecular weight is 177 g/mol. The first-order valence-electron chi connectivity index (χ1n) is 5.10. The fraction of sp³-hybridized carbons (Fsp3) is 0.500. The molecule has 1 aromatic carbocycles. The third-order valence-electron chi connectivity index (χ3n) is 2.22. The van der Waals surface area contributed by atoms with Gasteiger partial charge in [0.05, 0.1) is 0 Å². The Balaban J connectivity index is 2.27. The zero-order valence-electron chi connectivity index (χ0n) is 8.59. The molecular formula is C12H19N. The Labute approximate surface area is 81.2 Å². The van der Waals surface area contributed by atoms with Crippen LogP contribution in [0.5, 0.6) is 0 Å². The Bertz CT molecular complexity index is 218. The van der Waals surface area contributed by atoms with Crippen molar-refractivity contribution in [1.29, 1.82) is 0 Å². The summed E-state index contributed by atoms with van der Waals surface area (Å²) in [5, 5.41) is 3.50. The maximum Gasteiger partial charge on any atom is 0.0207 e. The Morgan fingerprint density at radius 2 is 1.92 bits per heavy atom. The second kappa shape index (κ2) is 5.76. The van der Waals surface area contributed by atoms with Crippen molar-refractivity contribution in [1.82, 2.24) is 5.32 Å². The van der Waals surface area contributed by atoms with Crippen LogP contribution in [-0.2, 0) is 6.54 Å². The lowest BCUT2D eigenvalue weighted by molar-refractivity contribution is 0.508. The van der Waals surface area contributed by atoms with Crippen molar-refractivity contribution in [3.8, 4) is 0 Å². The first-order chi connectivity index (χ1) is 6.33. The highest BCUT2D eigenvalue weighted by Gasteiger charge is 1.98. The number of nitrogens with one attached hydrogen (secondary N) is 1. The van der Waals surface area contributed by atoms with Crippen LogP contribution in [0, 0.1) is 0 Å². The predicted molar refractivity (Wildman–Crippen MR) is 57.7 cm³/mol. The Morgan fingerprint density at radius 3 is 2.54 bits per heavy atom. The molecule has 1 heteroatoms. The fourth-order valence-corrected chi connectivity index (χ4v) is 1.42. The summed E-state index contributed by atoms with van der Waals surface area (Å²) in [5.74, 6) is 0. The summed E-state index contributed by atoms with van der Waals surface area (Å²) < 4.78 is 0. The van der Waals surface area contributed by atoms with E-state index in [1.807, 2.05) is 0 Å². The second-order valence-electron chi connectivity index (χ2n) is 3.56. The molecule has 0 aromatic heterocycles. The highest BCUT2D eigenvalue weighted by molar-refractivity contribution is 5.14. The molecule has 0 heterocycles. The van der Waals surface area contributed by atoms with E-state index in [4.69, 9.17) is 0 Å². The zero-order chi connectivity index (χ0) is 9.52. The molecule has 0 bridgehead atoms. The standard InChI is InChI=1S/C12H19N/c1-3-7-11(2)13-10-12-8-5-4-6-9-12/h4-6,8-9,11,13H,3,7,10H2,1-2H3/t11-/m1/s1. The summed E-state index contributed by atoms with van der Waals surface area (Å²) in [6.45, 7) is 5.45. The van der Waals surface area contributed by atoms with Crippen molar-refractivity contribution in [2.45, 2.75) is 39.3 Å². The van der Waals surface area contributed by atoms with Gasteiger partial charge in [-0.25, -0.2) is 0 Å². The predicted octanol–water partition coefficient (Wildman–Crippen LogP) is 2.96. The molecule has 13 heavy (non-hydrogen) atoms. The summed E-state index contributed by atoms with van der Waals surface area (Å²) in [6, 6.07) is 11.2. The maximum atomic E-state index is 3.50. The summed E-state index contributed by atoms with van der Waals surface area (Å²) in [6.07, 6.45) is 2.51. The molecule has 0 spiro atoms. The van der Waals surface area contributed by atoms with Crippen LogP contribution in [-0.4, -0.2) is 6.04 Å². The van der Waals surface area contributed by atoms with Crippen LogP contribution in [0.1, 0.15) is 32.3 Å². The average Bonchev–Trinajstić information content (AvgIpc) is 2.17. The molecule has 0 amide bonds. The Kier molecular flexibility index (Phi) is 4.55. The molecular weight excluding hydrogens is 158 g/mol. The van der Waals surface area contributed by atoms with Crippen LogP contribution >= 0.6 is 0 Å². The summed E-state index contributed by atoms with van der Waals surface area (Å²) in [7, 11) is 0. The summed E-state index contributed by atoms with van der Waals surface area (Å²) >= 11 is 0. The molecule has 1 nitrogen and oxygen atoms in total. The van der Waals surface area contributed by atoms with Crippen LogP contribution in [0.25, 0.3) is 0 Å². The van der Waals surface area contributed by atoms with Gasteiger partial charge in [-0.3, -0.25) is 0 Å². The minimum absolute atomic E-state index is 0.630. The molecule has 1 rings (SSSR count). The summed E-state index contributed by atoms with van der Waals surface area (Å²) in [5.41, 5.74) is 1.37. The lowest BCUT2D eigenvalue weighted by atomic mass is 10.1. The first-order valence-corrected chi connectivity index (χ1v) is 5.10. The van der Waals surface area contributed by atoms with Gasteiger partial charge in [0, 0.05) is 12.6 Å². The largest absolute Gasteiger partial charge is 0.310 e. The van der Waals surface area contributed by atoms with Gasteiger partial charge in [-0.1, -0.05) is 43.7 Å². The molecule has 0 unspecified atom stereocenters. The van der Waals surface area contributed by atoms with Crippen LogP contribution in [0.4, 0.5) is 0 Å². The molecule has 0 fully saturated rings. The molecule has 1 atom stereocenters. The molecule has 0 radical (unpaired) electrons. The van der Waals surface area contributed by atoms with E-state index in [9.17, 15) is 0 Å². The topological polar surface area (TPSA) is 12.0 Å². The molecule has 72 valence electrons. The van der Waals surface area contributed by atoms with Crippen molar-refractivity contribution in [3.05, 3.63) is 35.9 Å². The number of hydrogen-bond donors (Lipinski definition) is 1. The molecule has 0 saturated carbocycles. The van der Waals surface area contributed by atoms with Gasteiger partial charge < -0.3 is 5.32 Å². The smallest absolute Gasteiger partial charge is 0.0207 e. The minimum Gasteiger partial charge on any atom is -0.310 e. The van der Waals surface area contributed by atoms with Crippen molar-refractivity contribution in [2.75, 3.05) is 0 Å². The van der Waals surface area contributed by atoms with Crippen LogP contribution in [0.15, 0.2) is 30.3 Å². The van der Waals surface area contributed by atoms with Gasteiger partial charge >= 0.3 is 0 Å². The molecule has 0 aliphatic carbocycles. The molecule has 0 aliphatic heterocycles. The lowest BCUT2D eigenvalue weighted by Gasteiger charge is -2.12. The molecule has 1 aromatic rings. The van der Waals surface area contributed by atoms with Crippen molar-refractivity contribution in [2.24, 2.45) is 0 Å². The molecule has 1 N–H and O–H groups in total. The number of rotatable bonds is 5. The lowest BCUT2D eigenvalue weighted by Crippen LogP contribution is -2.24. The van der Waals surface area contributed by atoms with E-state index >= 15 is 0 Å². The van der Waals surface area contributed by atoms with Crippen molar-refractivity contribution < 1.29 is 0 Å². The van der Waals surface area contributed by atoms with E-state index in [0.717, 1.165) is 6.54 Å². The van der Waals surface area contributed by atoms with Gasteiger partial charge in [-0.05, 0) is 18.9 Å². The third-order valence-corrected chi connectivity index (χ3v) is 2.22. The third kappa shape index (κ3) is 4.09. The molecule has 0 saturated heterocycles. The zero-order valence-corrected chi connectivity index (χ0v) is 8.59. The van der Waals surface area contributed by atoms with Gasteiger partial charge in [0.15, 0.2) is 0 Å². The van der Waals surface area contributed by atoms with Gasteiger partial charge in [0.25, 0.3) is 0 Å². The number of benzene rings is 1. The highest BCUT2D eigenvalue weighted by atomic mass is 14.9. The van der Waals surface area contributed by atoms with Gasteiger partial charge in [0.2, 0.25) is 0 Å². The van der Waals surface area contributed by atoms with Gasteiger partial charge in [-0.2, -0.15) is 0 Å². The van der Waals surface area contributed by atoms with E-state index in [1.165, 1.54) is 18.4 Å². The Morgan fingerprint density at radius 1 is 1.23 bits per heavy atom.